The van der Waals surface area contributed by atoms with E-state index in [-0.39, 0.29) is 6.42 Å². The lowest BCUT2D eigenvalue weighted by atomic mass is 10.2. The van der Waals surface area contributed by atoms with E-state index < -0.39 is 5.97 Å². The normalized spacial score (nSPS) is 13.6. The van der Waals surface area contributed by atoms with Gasteiger partial charge in [0.2, 0.25) is 0 Å². The number of aliphatic carboxylic acids is 1. The van der Waals surface area contributed by atoms with E-state index in [1.165, 1.54) is 0 Å². The second-order valence-electron chi connectivity index (χ2n) is 3.05. The summed E-state index contributed by atoms with van der Waals surface area (Å²) in [5.74, 6) is -0.795. The number of para-hydroxylation sites is 2. The zero-order valence-electron chi connectivity index (χ0n) is 7.53. The summed E-state index contributed by atoms with van der Waals surface area (Å²) in [6.45, 7) is 0.444. The first kappa shape index (κ1) is 8.83. The number of nitrogens with zero attached hydrogens (tertiary/aromatic N) is 1. The number of hydrazine groups is 2. The molecule has 1 aliphatic heterocycles. The number of fused-ring (bicyclic) bond motifs is 1. The summed E-state index contributed by atoms with van der Waals surface area (Å²) < 4.78 is 0. The minimum Gasteiger partial charge on any atom is -0.481 e. The first-order valence-electron chi connectivity index (χ1n) is 4.37. The van der Waals surface area contributed by atoms with Gasteiger partial charge in [0.25, 0.3) is 0 Å². The maximum absolute atomic E-state index is 10.4. The van der Waals surface area contributed by atoms with Crippen molar-refractivity contribution in [3.8, 4) is 0 Å². The maximum Gasteiger partial charge on any atom is 0.305 e. The summed E-state index contributed by atoms with van der Waals surface area (Å²) in [5, 5.41) is 10.3. The molecule has 0 saturated heterocycles. The van der Waals surface area contributed by atoms with Gasteiger partial charge in [0.15, 0.2) is 0 Å². The van der Waals surface area contributed by atoms with Crippen LogP contribution in [0.2, 0.25) is 0 Å². The van der Waals surface area contributed by atoms with Crippen LogP contribution < -0.4 is 16.0 Å². The van der Waals surface area contributed by atoms with E-state index in [1.54, 1.807) is 5.01 Å². The Kier molecular flexibility index (Phi) is 2.24. The van der Waals surface area contributed by atoms with Gasteiger partial charge in [-0.3, -0.25) is 9.80 Å². The topological polar surface area (TPSA) is 64.6 Å². The molecule has 0 unspecified atom stereocenters. The van der Waals surface area contributed by atoms with Gasteiger partial charge in [-0.05, 0) is 12.1 Å². The van der Waals surface area contributed by atoms with Crippen molar-refractivity contribution in [2.75, 3.05) is 17.0 Å². The van der Waals surface area contributed by atoms with E-state index in [2.05, 4.69) is 11.0 Å². The van der Waals surface area contributed by atoms with Gasteiger partial charge < -0.3 is 10.5 Å². The molecule has 0 radical (unpaired) electrons. The standard InChI is InChI=1S/C9H11N3O2/c13-9(14)5-6-12-8-4-2-1-3-7(8)10-11-12/h1-4,10-11H,5-6H2,(H,13,14). The second-order valence-corrected chi connectivity index (χ2v) is 3.05. The Morgan fingerprint density at radius 2 is 2.21 bits per heavy atom. The zero-order chi connectivity index (χ0) is 9.97. The van der Waals surface area contributed by atoms with Gasteiger partial charge in [-0.25, -0.2) is 0 Å². The fourth-order valence-electron chi connectivity index (χ4n) is 1.39. The van der Waals surface area contributed by atoms with Crippen LogP contribution in [0, 0.1) is 0 Å². The fraction of sp³-hybridized carbons (Fsp3) is 0.222. The first-order chi connectivity index (χ1) is 6.77. The van der Waals surface area contributed by atoms with Gasteiger partial charge in [-0.1, -0.05) is 12.1 Å². The van der Waals surface area contributed by atoms with Crippen LogP contribution in [-0.2, 0) is 4.79 Å². The minimum absolute atomic E-state index is 0.114. The lowest BCUT2D eigenvalue weighted by molar-refractivity contribution is -0.136. The van der Waals surface area contributed by atoms with Gasteiger partial charge >= 0.3 is 5.97 Å². The molecule has 5 heteroatoms. The summed E-state index contributed by atoms with van der Waals surface area (Å²) in [4.78, 5) is 10.4. The van der Waals surface area contributed by atoms with Gasteiger partial charge in [0, 0.05) is 6.54 Å². The predicted octanol–water partition coefficient (Wildman–Crippen LogP) is 0.813. The molecule has 1 aromatic carbocycles. The van der Waals surface area contributed by atoms with E-state index in [0.29, 0.717) is 6.54 Å². The number of benzene rings is 1. The summed E-state index contributed by atoms with van der Waals surface area (Å²) in [7, 11) is 0. The number of carboxylic acid groups (broad SMARTS) is 1. The third-order valence-electron chi connectivity index (χ3n) is 2.07. The maximum atomic E-state index is 10.4. The van der Waals surface area contributed by atoms with E-state index in [4.69, 9.17) is 5.11 Å². The SMILES string of the molecule is O=C(O)CCN1NNc2ccccc21. The highest BCUT2D eigenvalue weighted by atomic mass is 16.4. The van der Waals surface area contributed by atoms with Crippen molar-refractivity contribution in [3.63, 3.8) is 0 Å². The molecule has 1 heterocycles. The highest BCUT2D eigenvalue weighted by Crippen LogP contribution is 2.27. The molecular formula is C9H11N3O2. The number of anilines is 2. The smallest absolute Gasteiger partial charge is 0.305 e. The molecule has 1 aromatic rings. The average molecular weight is 193 g/mol. The molecule has 0 atom stereocenters. The van der Waals surface area contributed by atoms with Crippen molar-refractivity contribution >= 4 is 17.3 Å². The van der Waals surface area contributed by atoms with Gasteiger partial charge in [0.1, 0.15) is 0 Å². The second kappa shape index (κ2) is 3.55. The van der Waals surface area contributed by atoms with E-state index in [1.807, 2.05) is 24.3 Å². The Morgan fingerprint density at radius 3 is 3.00 bits per heavy atom. The fourth-order valence-corrected chi connectivity index (χ4v) is 1.39. The van der Waals surface area contributed by atoms with Crippen LogP contribution >= 0.6 is 0 Å². The molecule has 0 spiro atoms. The van der Waals surface area contributed by atoms with Gasteiger partial charge in [-0.15, -0.1) is 5.53 Å². The molecule has 0 fully saturated rings. The van der Waals surface area contributed by atoms with Crippen molar-refractivity contribution in [2.24, 2.45) is 0 Å². The molecular weight excluding hydrogens is 182 g/mol. The highest BCUT2D eigenvalue weighted by Gasteiger charge is 2.17. The molecule has 2 rings (SSSR count). The Balaban J connectivity index is 2.07. The lowest BCUT2D eigenvalue weighted by Crippen LogP contribution is -2.37. The number of carbonyl (C=O) groups is 1. The third kappa shape index (κ3) is 1.62. The summed E-state index contributed by atoms with van der Waals surface area (Å²) in [6.07, 6.45) is 0.114. The summed E-state index contributed by atoms with van der Waals surface area (Å²) >= 11 is 0. The molecule has 5 nitrogen and oxygen atoms in total. The largest absolute Gasteiger partial charge is 0.481 e. The van der Waals surface area contributed by atoms with E-state index in [9.17, 15) is 4.79 Å². The molecule has 14 heavy (non-hydrogen) atoms. The van der Waals surface area contributed by atoms with Crippen LogP contribution in [0.3, 0.4) is 0 Å². The lowest BCUT2D eigenvalue weighted by Gasteiger charge is -2.15. The van der Waals surface area contributed by atoms with Gasteiger partial charge in [0.05, 0.1) is 17.8 Å². The third-order valence-corrected chi connectivity index (χ3v) is 2.07. The van der Waals surface area contributed by atoms with Crippen LogP contribution in [0.1, 0.15) is 6.42 Å². The Hall–Kier alpha value is -1.75. The van der Waals surface area contributed by atoms with Gasteiger partial charge in [-0.2, -0.15) is 0 Å². The Morgan fingerprint density at radius 1 is 1.43 bits per heavy atom. The Labute approximate surface area is 81.3 Å². The number of hydrogen-bond donors (Lipinski definition) is 3. The summed E-state index contributed by atoms with van der Waals surface area (Å²) in [6, 6.07) is 7.71. The predicted molar refractivity (Wildman–Crippen MR) is 52.8 cm³/mol. The molecule has 74 valence electrons. The molecule has 3 N–H and O–H groups in total. The van der Waals surface area contributed by atoms with Crippen molar-refractivity contribution in [1.29, 1.82) is 0 Å². The average Bonchev–Trinajstić information content (AvgIpc) is 2.58. The first-order valence-corrected chi connectivity index (χ1v) is 4.37. The Bertz CT molecular complexity index is 354. The number of carboxylic acids is 1. The number of hydrogen-bond acceptors (Lipinski definition) is 4. The quantitative estimate of drug-likeness (QED) is 0.663. The van der Waals surface area contributed by atoms with Crippen molar-refractivity contribution in [3.05, 3.63) is 24.3 Å². The monoisotopic (exact) mass is 193 g/mol. The molecule has 0 aromatic heterocycles. The van der Waals surface area contributed by atoms with Crippen molar-refractivity contribution < 1.29 is 9.90 Å². The molecule has 0 saturated carbocycles. The van der Waals surface area contributed by atoms with Crippen molar-refractivity contribution in [1.82, 2.24) is 5.53 Å². The molecule has 0 aliphatic carbocycles. The van der Waals surface area contributed by atoms with Crippen LogP contribution in [0.25, 0.3) is 0 Å². The molecule has 0 amide bonds. The molecule has 1 aliphatic rings. The van der Waals surface area contributed by atoms with Crippen LogP contribution in [0.5, 0.6) is 0 Å². The number of nitrogens with one attached hydrogen (secondary N) is 2. The summed E-state index contributed by atoms with van der Waals surface area (Å²) in [5.41, 5.74) is 7.80. The van der Waals surface area contributed by atoms with Crippen LogP contribution in [0.4, 0.5) is 11.4 Å². The van der Waals surface area contributed by atoms with E-state index in [0.717, 1.165) is 11.4 Å². The molecule has 0 bridgehead atoms. The van der Waals surface area contributed by atoms with E-state index >= 15 is 0 Å². The minimum atomic E-state index is -0.795. The number of rotatable bonds is 3. The van der Waals surface area contributed by atoms with Crippen LogP contribution in [0.15, 0.2) is 24.3 Å². The van der Waals surface area contributed by atoms with Crippen LogP contribution in [-0.4, -0.2) is 17.6 Å². The van der Waals surface area contributed by atoms with Crippen molar-refractivity contribution in [2.45, 2.75) is 6.42 Å². The highest BCUT2D eigenvalue weighted by molar-refractivity contribution is 5.74. The zero-order valence-corrected chi connectivity index (χ0v) is 7.53.